The van der Waals surface area contributed by atoms with Crippen molar-refractivity contribution in [2.75, 3.05) is 12.0 Å². The normalized spacial score (nSPS) is 32.5. The zero-order chi connectivity index (χ0) is 29.6. The number of fused-ring (bicyclic) bond motifs is 4. The lowest BCUT2D eigenvalue weighted by Crippen LogP contribution is -2.60. The third kappa shape index (κ3) is 3.42. The molecule has 2 aromatic carbocycles. The molecule has 0 radical (unpaired) electrons. The van der Waals surface area contributed by atoms with Gasteiger partial charge in [0.2, 0.25) is 11.8 Å². The van der Waals surface area contributed by atoms with Crippen LogP contribution in [0.5, 0.6) is 5.75 Å². The average Bonchev–Trinajstić information content (AvgIpc) is 3.29. The topological polar surface area (TPSA) is 121 Å². The second-order valence-electron chi connectivity index (χ2n) is 10.4. The minimum Gasteiger partial charge on any atom is -0.505 e. The SMILES string of the molecule is COC(=O)N1C(=O)C2CC=C3C(CC4(Cl)C(=O)N(c5ccc(F)cc5)C(=O)C4(Cl)C3c3cccc(F)c3O)C2C1=O. The minimum atomic E-state index is -2.34. The number of phenolic OH excluding ortho intramolecular Hbond substituents is 1. The van der Waals surface area contributed by atoms with E-state index in [1.165, 1.54) is 24.3 Å². The van der Waals surface area contributed by atoms with Crippen LogP contribution >= 0.6 is 23.2 Å². The molecule has 0 aromatic heterocycles. The predicted octanol–water partition coefficient (Wildman–Crippen LogP) is 4.00. The molecule has 212 valence electrons. The summed E-state index contributed by atoms with van der Waals surface area (Å²) in [6.07, 6.45) is -0.0692. The van der Waals surface area contributed by atoms with E-state index in [0.717, 1.165) is 25.3 Å². The van der Waals surface area contributed by atoms with Crippen LogP contribution in [0.15, 0.2) is 54.1 Å². The van der Waals surface area contributed by atoms with E-state index in [1.54, 1.807) is 6.08 Å². The van der Waals surface area contributed by atoms with Gasteiger partial charge in [0.15, 0.2) is 21.3 Å². The maximum absolute atomic E-state index is 14.7. The zero-order valence-electron chi connectivity index (χ0n) is 21.1. The maximum atomic E-state index is 14.7. The molecule has 4 aliphatic rings. The summed E-state index contributed by atoms with van der Waals surface area (Å²) in [5.74, 6) is -10.8. The van der Waals surface area contributed by atoms with Gasteiger partial charge in [0.05, 0.1) is 24.6 Å². The fourth-order valence-electron chi connectivity index (χ4n) is 6.78. The number of amides is 5. The van der Waals surface area contributed by atoms with Crippen molar-refractivity contribution >= 4 is 58.6 Å². The minimum absolute atomic E-state index is 0.0307. The summed E-state index contributed by atoms with van der Waals surface area (Å²) < 4.78 is 33.0. The molecule has 1 N–H and O–H groups in total. The van der Waals surface area contributed by atoms with Crippen LogP contribution in [0.4, 0.5) is 19.3 Å². The van der Waals surface area contributed by atoms with Gasteiger partial charge in [-0.2, -0.15) is 4.90 Å². The van der Waals surface area contributed by atoms with Gasteiger partial charge in [-0.15, -0.1) is 23.2 Å². The molecule has 1 saturated carbocycles. The van der Waals surface area contributed by atoms with E-state index in [0.29, 0.717) is 9.80 Å². The van der Waals surface area contributed by atoms with Gasteiger partial charge < -0.3 is 9.84 Å². The number of halogens is 4. The molecular weight excluding hydrogens is 585 g/mol. The first-order chi connectivity index (χ1) is 19.4. The molecule has 3 fully saturated rings. The number of anilines is 1. The van der Waals surface area contributed by atoms with E-state index in [2.05, 4.69) is 4.74 Å². The molecule has 0 bridgehead atoms. The molecular formula is C28H20Cl2F2N2O7. The molecule has 2 aliphatic heterocycles. The first-order valence-electron chi connectivity index (χ1n) is 12.5. The number of methoxy groups -OCH3 is 1. The number of aromatic hydroxyl groups is 1. The predicted molar refractivity (Wildman–Crippen MR) is 139 cm³/mol. The molecule has 2 heterocycles. The van der Waals surface area contributed by atoms with Gasteiger partial charge in [-0.05, 0) is 49.1 Å². The molecule has 6 atom stereocenters. The van der Waals surface area contributed by atoms with Gasteiger partial charge in [-0.1, -0.05) is 23.8 Å². The summed E-state index contributed by atoms with van der Waals surface area (Å²) in [6.45, 7) is 0. The average molecular weight is 605 g/mol. The largest absolute Gasteiger partial charge is 0.505 e. The molecule has 13 heteroatoms. The van der Waals surface area contributed by atoms with E-state index < -0.39 is 86.9 Å². The Bertz CT molecular complexity index is 1600. The number of benzene rings is 2. The van der Waals surface area contributed by atoms with Gasteiger partial charge in [0.1, 0.15) is 5.82 Å². The standard InChI is InChI=1S/C28H20Cl2F2N2O7/c1-41-26(40)34-22(36)15-10-9-14-17(19(15)23(34)37)11-27(29)24(38)33(13-7-5-12(31)6-8-13)25(39)28(27,30)20(14)16-3-2-4-18(32)21(16)35/h2-9,15,17,19-20,35H,10-11H2,1H3. The number of hydrogen-bond donors (Lipinski definition) is 1. The lowest BCUT2D eigenvalue weighted by molar-refractivity contribution is -0.138. The van der Waals surface area contributed by atoms with E-state index >= 15 is 0 Å². The number of nitrogens with zero attached hydrogens (tertiary/aromatic N) is 2. The van der Waals surface area contributed by atoms with E-state index in [-0.39, 0.29) is 23.2 Å². The first kappa shape index (κ1) is 27.3. The highest BCUT2D eigenvalue weighted by atomic mass is 35.5. The summed E-state index contributed by atoms with van der Waals surface area (Å²) in [7, 11) is 1.01. The molecule has 5 amide bonds. The van der Waals surface area contributed by atoms with Crippen LogP contribution in [0.25, 0.3) is 0 Å². The summed E-state index contributed by atoms with van der Waals surface area (Å²) in [4.78, 5) is 63.6. The van der Waals surface area contributed by atoms with Crippen LogP contribution in [0.2, 0.25) is 0 Å². The quantitative estimate of drug-likeness (QED) is 0.312. The Morgan fingerprint density at radius 2 is 1.68 bits per heavy atom. The Hall–Kier alpha value is -3.83. The summed E-state index contributed by atoms with van der Waals surface area (Å²) in [5, 5.41) is 10.8. The summed E-state index contributed by atoms with van der Waals surface area (Å²) in [5.41, 5.74) is 0.0911. The number of phenols is 1. The highest BCUT2D eigenvalue weighted by Crippen LogP contribution is 2.66. The van der Waals surface area contributed by atoms with Gasteiger partial charge in [0, 0.05) is 11.5 Å². The van der Waals surface area contributed by atoms with Crippen LogP contribution in [0.3, 0.4) is 0 Å². The van der Waals surface area contributed by atoms with Crippen molar-refractivity contribution in [2.45, 2.75) is 28.5 Å². The molecule has 6 rings (SSSR count). The van der Waals surface area contributed by atoms with Gasteiger partial charge >= 0.3 is 6.09 Å². The van der Waals surface area contributed by atoms with Crippen molar-refractivity contribution in [3.63, 3.8) is 0 Å². The Kier molecular flexibility index (Phi) is 6.06. The summed E-state index contributed by atoms with van der Waals surface area (Å²) in [6, 6.07) is 8.03. The maximum Gasteiger partial charge on any atom is 0.423 e. The highest BCUT2D eigenvalue weighted by Gasteiger charge is 2.77. The van der Waals surface area contributed by atoms with Crippen LogP contribution in [-0.4, -0.2) is 56.6 Å². The Labute approximate surface area is 241 Å². The fourth-order valence-corrected chi connectivity index (χ4v) is 7.71. The number of likely N-dealkylation sites (tertiary alicyclic amines) is 1. The third-order valence-electron chi connectivity index (χ3n) is 8.58. The van der Waals surface area contributed by atoms with E-state index in [4.69, 9.17) is 23.2 Å². The van der Waals surface area contributed by atoms with Gasteiger partial charge in [0.25, 0.3) is 11.8 Å². The molecule has 0 spiro atoms. The lowest BCUT2D eigenvalue weighted by Gasteiger charge is -2.50. The van der Waals surface area contributed by atoms with Gasteiger partial charge in [-0.25, -0.2) is 18.5 Å². The van der Waals surface area contributed by atoms with Crippen molar-refractivity contribution in [3.05, 3.63) is 71.3 Å². The second kappa shape index (κ2) is 9.09. The van der Waals surface area contributed by atoms with Crippen molar-refractivity contribution in [1.82, 2.24) is 4.90 Å². The van der Waals surface area contributed by atoms with Crippen molar-refractivity contribution in [2.24, 2.45) is 17.8 Å². The molecule has 6 unspecified atom stereocenters. The number of hydrogen-bond acceptors (Lipinski definition) is 7. The van der Waals surface area contributed by atoms with Crippen molar-refractivity contribution < 1.29 is 42.6 Å². The van der Waals surface area contributed by atoms with Crippen molar-refractivity contribution in [1.29, 1.82) is 0 Å². The zero-order valence-corrected chi connectivity index (χ0v) is 22.7. The molecule has 2 saturated heterocycles. The number of ether oxygens (including phenoxy) is 1. The Morgan fingerprint density at radius 3 is 2.34 bits per heavy atom. The summed E-state index contributed by atoms with van der Waals surface area (Å²) >= 11 is 14.2. The van der Waals surface area contributed by atoms with Crippen LogP contribution < -0.4 is 4.90 Å². The smallest absolute Gasteiger partial charge is 0.423 e. The number of para-hydroxylation sites is 1. The lowest BCUT2D eigenvalue weighted by atomic mass is 9.56. The molecule has 2 aromatic rings. The number of carbonyl (C=O) groups excluding carboxylic acids is 5. The number of allylic oxidation sites excluding steroid dienone is 2. The third-order valence-corrected chi connectivity index (χ3v) is 10.00. The number of imide groups is 4. The fraction of sp³-hybridized carbons (Fsp3) is 0.321. The highest BCUT2D eigenvalue weighted by molar-refractivity contribution is 6.58. The van der Waals surface area contributed by atoms with Crippen LogP contribution in [0.1, 0.15) is 24.3 Å². The van der Waals surface area contributed by atoms with Crippen molar-refractivity contribution in [3.8, 4) is 5.75 Å². The van der Waals surface area contributed by atoms with Crippen LogP contribution in [-0.2, 0) is 23.9 Å². The second-order valence-corrected chi connectivity index (χ2v) is 11.7. The van der Waals surface area contributed by atoms with Gasteiger partial charge in [-0.3, -0.25) is 19.2 Å². The Balaban J connectivity index is 1.57. The number of alkyl halides is 2. The molecule has 9 nitrogen and oxygen atoms in total. The monoisotopic (exact) mass is 604 g/mol. The first-order valence-corrected chi connectivity index (χ1v) is 13.3. The van der Waals surface area contributed by atoms with E-state index in [9.17, 15) is 37.9 Å². The van der Waals surface area contributed by atoms with E-state index in [1.807, 2.05) is 0 Å². The Morgan fingerprint density at radius 1 is 1.00 bits per heavy atom. The number of rotatable bonds is 2. The molecule has 2 aliphatic carbocycles. The number of carbonyl (C=O) groups is 5. The van der Waals surface area contributed by atoms with Crippen LogP contribution in [0, 0.1) is 29.4 Å². The molecule has 41 heavy (non-hydrogen) atoms.